The molecule has 6 heteroatoms. The largest absolute Gasteiger partial charge is 0.389 e. The van der Waals surface area contributed by atoms with E-state index in [0.717, 1.165) is 0 Å². The molecule has 0 saturated heterocycles. The van der Waals surface area contributed by atoms with Gasteiger partial charge in [-0.3, -0.25) is 0 Å². The van der Waals surface area contributed by atoms with E-state index in [2.05, 4.69) is 0 Å². The Labute approximate surface area is 73.8 Å². The van der Waals surface area contributed by atoms with Gasteiger partial charge in [0.25, 0.3) is 0 Å². The SMILES string of the molecule is OC1C(O)[C@H](O)C(Cl)C(O)[C@H]1O. The van der Waals surface area contributed by atoms with Crippen LogP contribution in [0.5, 0.6) is 0 Å². The van der Waals surface area contributed by atoms with Gasteiger partial charge in [-0.05, 0) is 0 Å². The predicted molar refractivity (Wildman–Crippen MR) is 39.7 cm³/mol. The molecular formula is C6H11ClO5. The summed E-state index contributed by atoms with van der Waals surface area (Å²) in [5.74, 6) is 0. The quantitative estimate of drug-likeness (QED) is 0.275. The van der Waals surface area contributed by atoms with Crippen LogP contribution in [0, 0.1) is 0 Å². The molecule has 0 aromatic rings. The molecule has 5 nitrogen and oxygen atoms in total. The predicted octanol–water partition coefficient (Wildman–Crippen LogP) is -2.59. The Hall–Kier alpha value is 0.0900. The maximum Gasteiger partial charge on any atom is 0.111 e. The van der Waals surface area contributed by atoms with Crippen molar-refractivity contribution >= 4 is 11.6 Å². The number of hydrogen-bond donors (Lipinski definition) is 5. The minimum absolute atomic E-state index is 1.17. The number of halogens is 1. The number of aliphatic hydroxyl groups is 5. The van der Waals surface area contributed by atoms with E-state index in [1.165, 1.54) is 0 Å². The lowest BCUT2D eigenvalue weighted by molar-refractivity contribution is -0.173. The third-order valence-corrected chi connectivity index (χ3v) is 2.57. The molecule has 72 valence electrons. The Bertz CT molecular complexity index is 107. The van der Waals surface area contributed by atoms with Crippen molar-refractivity contribution in [2.24, 2.45) is 0 Å². The molecule has 1 saturated carbocycles. The summed E-state index contributed by atoms with van der Waals surface area (Å²) in [4.78, 5) is 0. The number of rotatable bonds is 0. The first-order valence-corrected chi connectivity index (χ1v) is 3.95. The molecule has 0 bridgehead atoms. The Kier molecular flexibility index (Phi) is 2.92. The summed E-state index contributed by atoms with van der Waals surface area (Å²) in [6.45, 7) is 0. The molecule has 0 radical (unpaired) electrons. The molecule has 1 aliphatic rings. The Balaban J connectivity index is 2.76. The lowest BCUT2D eigenvalue weighted by Crippen LogP contribution is -2.61. The normalized spacial score (nSPS) is 55.5. The second kappa shape index (κ2) is 3.45. The van der Waals surface area contributed by atoms with Gasteiger partial charge in [-0.1, -0.05) is 0 Å². The molecule has 0 amide bonds. The van der Waals surface area contributed by atoms with Gasteiger partial charge in [-0.25, -0.2) is 0 Å². The molecule has 6 atom stereocenters. The monoisotopic (exact) mass is 198 g/mol. The molecule has 1 rings (SSSR count). The van der Waals surface area contributed by atoms with Crippen molar-refractivity contribution in [1.29, 1.82) is 0 Å². The third-order valence-electron chi connectivity index (χ3n) is 2.05. The van der Waals surface area contributed by atoms with Crippen molar-refractivity contribution in [2.75, 3.05) is 0 Å². The highest BCUT2D eigenvalue weighted by Crippen LogP contribution is 2.24. The maximum absolute atomic E-state index is 9.09. The number of aliphatic hydroxyl groups excluding tert-OH is 5. The number of hydrogen-bond acceptors (Lipinski definition) is 5. The molecule has 1 aliphatic carbocycles. The summed E-state index contributed by atoms with van der Waals surface area (Å²) in [7, 11) is 0. The van der Waals surface area contributed by atoms with Crippen molar-refractivity contribution < 1.29 is 25.5 Å². The van der Waals surface area contributed by atoms with Crippen LogP contribution < -0.4 is 0 Å². The Morgan fingerprint density at radius 3 is 1.17 bits per heavy atom. The molecule has 12 heavy (non-hydrogen) atoms. The van der Waals surface area contributed by atoms with Crippen LogP contribution in [0.15, 0.2) is 0 Å². The van der Waals surface area contributed by atoms with Gasteiger partial charge < -0.3 is 25.5 Å². The van der Waals surface area contributed by atoms with Gasteiger partial charge >= 0.3 is 0 Å². The van der Waals surface area contributed by atoms with Crippen LogP contribution in [0.4, 0.5) is 0 Å². The Morgan fingerprint density at radius 1 is 0.583 bits per heavy atom. The van der Waals surface area contributed by atoms with Crippen LogP contribution in [-0.2, 0) is 0 Å². The molecule has 0 aromatic carbocycles. The van der Waals surface area contributed by atoms with Crippen molar-refractivity contribution in [2.45, 2.75) is 35.9 Å². The molecular weight excluding hydrogens is 188 g/mol. The molecule has 0 heterocycles. The van der Waals surface area contributed by atoms with Crippen LogP contribution in [0.3, 0.4) is 0 Å². The van der Waals surface area contributed by atoms with Crippen LogP contribution in [0.25, 0.3) is 0 Å². The first-order chi connectivity index (χ1) is 5.46. The highest BCUT2D eigenvalue weighted by molar-refractivity contribution is 6.21. The van der Waals surface area contributed by atoms with E-state index >= 15 is 0 Å². The minimum atomic E-state index is -1.56. The van der Waals surface area contributed by atoms with Crippen LogP contribution in [0.2, 0.25) is 0 Å². The Morgan fingerprint density at radius 2 is 0.833 bits per heavy atom. The van der Waals surface area contributed by atoms with Crippen LogP contribution in [0.1, 0.15) is 0 Å². The maximum atomic E-state index is 9.09. The second-order valence-electron chi connectivity index (χ2n) is 2.90. The van der Waals surface area contributed by atoms with Crippen molar-refractivity contribution in [3.63, 3.8) is 0 Å². The first-order valence-electron chi connectivity index (χ1n) is 3.51. The van der Waals surface area contributed by atoms with E-state index in [4.69, 9.17) is 37.1 Å². The summed E-state index contributed by atoms with van der Waals surface area (Å²) in [5, 5.41) is 44.1. The topological polar surface area (TPSA) is 101 Å². The zero-order chi connectivity index (χ0) is 9.46. The van der Waals surface area contributed by atoms with E-state index in [9.17, 15) is 0 Å². The average molecular weight is 199 g/mol. The van der Waals surface area contributed by atoms with Crippen molar-refractivity contribution in [3.05, 3.63) is 0 Å². The van der Waals surface area contributed by atoms with Crippen LogP contribution >= 0.6 is 11.6 Å². The zero-order valence-electron chi connectivity index (χ0n) is 6.08. The molecule has 4 unspecified atom stereocenters. The van der Waals surface area contributed by atoms with Gasteiger partial charge in [-0.15, -0.1) is 11.6 Å². The highest BCUT2D eigenvalue weighted by Gasteiger charge is 2.47. The van der Waals surface area contributed by atoms with Gasteiger partial charge in [0.1, 0.15) is 30.5 Å². The summed E-state index contributed by atoms with van der Waals surface area (Å²) in [6, 6.07) is 0. The third kappa shape index (κ3) is 1.44. The van der Waals surface area contributed by atoms with Gasteiger partial charge in [0.05, 0.1) is 5.38 Å². The second-order valence-corrected chi connectivity index (χ2v) is 3.40. The van der Waals surface area contributed by atoms with E-state index in [1.807, 2.05) is 0 Å². The molecule has 1 fully saturated rings. The van der Waals surface area contributed by atoms with Gasteiger partial charge in [0, 0.05) is 0 Å². The lowest BCUT2D eigenvalue weighted by atomic mass is 9.87. The van der Waals surface area contributed by atoms with Crippen molar-refractivity contribution in [3.8, 4) is 0 Å². The first kappa shape index (κ1) is 10.2. The standard InChI is InChI=1S/C6H11ClO5/c7-1-2(8)4(10)6(12)5(11)3(1)9/h1-6,8-12H/t1?,2-,3?,4?,5-,6?/m1/s1. The average Bonchev–Trinajstić information content (AvgIpc) is 2.08. The van der Waals surface area contributed by atoms with Gasteiger partial charge in [-0.2, -0.15) is 0 Å². The van der Waals surface area contributed by atoms with E-state index < -0.39 is 35.9 Å². The number of alkyl halides is 1. The fourth-order valence-electron chi connectivity index (χ4n) is 1.18. The fraction of sp³-hybridized carbons (Fsp3) is 1.00. The summed E-state index contributed by atoms with van der Waals surface area (Å²) in [6.07, 6.45) is -7.47. The highest BCUT2D eigenvalue weighted by atomic mass is 35.5. The van der Waals surface area contributed by atoms with E-state index in [1.54, 1.807) is 0 Å². The fourth-order valence-corrected chi connectivity index (χ4v) is 1.48. The van der Waals surface area contributed by atoms with E-state index in [0.29, 0.717) is 0 Å². The zero-order valence-corrected chi connectivity index (χ0v) is 6.83. The molecule has 0 aliphatic heterocycles. The summed E-state index contributed by atoms with van der Waals surface area (Å²) in [5.41, 5.74) is 0. The minimum Gasteiger partial charge on any atom is -0.389 e. The van der Waals surface area contributed by atoms with Crippen LogP contribution in [-0.4, -0.2) is 61.4 Å². The smallest absolute Gasteiger partial charge is 0.111 e. The molecule has 5 N–H and O–H groups in total. The summed E-state index contributed by atoms with van der Waals surface area (Å²) >= 11 is 5.44. The van der Waals surface area contributed by atoms with E-state index in [-0.39, 0.29) is 0 Å². The molecule has 0 aromatic heterocycles. The van der Waals surface area contributed by atoms with Gasteiger partial charge in [0.2, 0.25) is 0 Å². The lowest BCUT2D eigenvalue weighted by Gasteiger charge is -2.39. The molecule has 0 spiro atoms. The van der Waals surface area contributed by atoms with Crippen molar-refractivity contribution in [1.82, 2.24) is 0 Å². The summed E-state index contributed by atoms with van der Waals surface area (Å²) < 4.78 is 0. The van der Waals surface area contributed by atoms with Gasteiger partial charge in [0.15, 0.2) is 0 Å².